The summed E-state index contributed by atoms with van der Waals surface area (Å²) < 4.78 is 12.5. The maximum atomic E-state index is 13.2. The van der Waals surface area contributed by atoms with Gasteiger partial charge in [0.2, 0.25) is 0 Å². The summed E-state index contributed by atoms with van der Waals surface area (Å²) in [6, 6.07) is 11.7. The lowest BCUT2D eigenvalue weighted by molar-refractivity contribution is -0.120. The summed E-state index contributed by atoms with van der Waals surface area (Å²) in [4.78, 5) is 19.6. The highest BCUT2D eigenvalue weighted by molar-refractivity contribution is 7.23. The average molecular weight is 459 g/mol. The molecule has 2 heterocycles. The third-order valence-electron chi connectivity index (χ3n) is 5.54. The summed E-state index contributed by atoms with van der Waals surface area (Å²) in [5.41, 5.74) is 3.11. The Labute approximate surface area is 191 Å². The van der Waals surface area contributed by atoms with Gasteiger partial charge < -0.3 is 9.47 Å². The van der Waals surface area contributed by atoms with Crippen LogP contribution in [0.4, 0.5) is 5.13 Å². The van der Waals surface area contributed by atoms with Crippen molar-refractivity contribution < 1.29 is 14.3 Å². The van der Waals surface area contributed by atoms with Gasteiger partial charge in [0.05, 0.1) is 27.9 Å². The molecule has 1 atom stereocenters. The van der Waals surface area contributed by atoms with E-state index in [0.717, 1.165) is 35.2 Å². The maximum Gasteiger partial charge on any atom is 0.266 e. The van der Waals surface area contributed by atoms with E-state index in [4.69, 9.17) is 26.1 Å². The number of halogens is 1. The maximum absolute atomic E-state index is 13.2. The summed E-state index contributed by atoms with van der Waals surface area (Å²) in [5, 5.41) is 1.28. The molecule has 164 valence electrons. The zero-order chi connectivity index (χ0) is 22.0. The van der Waals surface area contributed by atoms with Crippen LogP contribution in [0.3, 0.4) is 0 Å². The predicted octanol–water partition coefficient (Wildman–Crippen LogP) is 5.97. The molecule has 0 N–H and O–H groups in total. The molecule has 2 aromatic carbocycles. The van der Waals surface area contributed by atoms with Crippen LogP contribution in [0.1, 0.15) is 43.7 Å². The van der Waals surface area contributed by atoms with Crippen LogP contribution in [0.5, 0.6) is 5.75 Å². The SMILES string of the molecule is Cc1ccc(Cl)c2sc(N(CC3CCCO3)C(=O)COc3ccc(C(C)C)cc3)nc12. The topological polar surface area (TPSA) is 51.7 Å². The van der Waals surface area contributed by atoms with Crippen LogP contribution < -0.4 is 9.64 Å². The molecule has 1 amide bonds. The van der Waals surface area contributed by atoms with Gasteiger partial charge in [0, 0.05) is 6.61 Å². The third-order valence-corrected chi connectivity index (χ3v) is 7.08. The Morgan fingerprint density at radius 1 is 1.29 bits per heavy atom. The van der Waals surface area contributed by atoms with Gasteiger partial charge in [0.25, 0.3) is 5.91 Å². The molecule has 31 heavy (non-hydrogen) atoms. The van der Waals surface area contributed by atoms with Crippen LogP contribution in [-0.2, 0) is 9.53 Å². The van der Waals surface area contributed by atoms with E-state index in [1.807, 2.05) is 43.3 Å². The van der Waals surface area contributed by atoms with Gasteiger partial charge >= 0.3 is 0 Å². The highest BCUT2D eigenvalue weighted by Crippen LogP contribution is 2.36. The number of carbonyl (C=O) groups excluding carboxylic acids is 1. The van der Waals surface area contributed by atoms with Gasteiger partial charge in [0.15, 0.2) is 11.7 Å². The van der Waals surface area contributed by atoms with Crippen molar-refractivity contribution in [2.24, 2.45) is 0 Å². The van der Waals surface area contributed by atoms with Crippen LogP contribution in [0.25, 0.3) is 10.2 Å². The molecule has 0 radical (unpaired) electrons. The lowest BCUT2D eigenvalue weighted by Crippen LogP contribution is -2.40. The fourth-order valence-electron chi connectivity index (χ4n) is 3.66. The molecule has 1 saturated heterocycles. The number of carbonyl (C=O) groups is 1. The van der Waals surface area contributed by atoms with Crippen molar-refractivity contribution in [2.75, 3.05) is 24.7 Å². The van der Waals surface area contributed by atoms with E-state index in [1.165, 1.54) is 16.9 Å². The number of anilines is 1. The molecule has 0 spiro atoms. The largest absolute Gasteiger partial charge is 0.484 e. The Morgan fingerprint density at radius 2 is 2.06 bits per heavy atom. The molecule has 0 bridgehead atoms. The summed E-state index contributed by atoms with van der Waals surface area (Å²) in [6.45, 7) is 7.43. The lowest BCUT2D eigenvalue weighted by Gasteiger charge is -2.23. The van der Waals surface area contributed by atoms with Crippen LogP contribution in [-0.4, -0.2) is 36.8 Å². The molecule has 1 aromatic heterocycles. The number of ether oxygens (including phenoxy) is 2. The normalized spacial score (nSPS) is 16.2. The van der Waals surface area contributed by atoms with Gasteiger partial charge in [-0.15, -0.1) is 0 Å². The van der Waals surface area contributed by atoms with Gasteiger partial charge in [-0.3, -0.25) is 9.69 Å². The fourth-order valence-corrected chi connectivity index (χ4v) is 5.00. The lowest BCUT2D eigenvalue weighted by atomic mass is 10.0. The predicted molar refractivity (Wildman–Crippen MR) is 127 cm³/mol. The number of hydrogen-bond acceptors (Lipinski definition) is 5. The molecular weight excluding hydrogens is 432 g/mol. The number of amides is 1. The van der Waals surface area contributed by atoms with E-state index in [9.17, 15) is 4.79 Å². The Kier molecular flexibility index (Phi) is 6.80. The highest BCUT2D eigenvalue weighted by atomic mass is 35.5. The average Bonchev–Trinajstić information content (AvgIpc) is 3.44. The molecule has 7 heteroatoms. The van der Waals surface area contributed by atoms with Gasteiger partial charge in [-0.1, -0.05) is 55.0 Å². The van der Waals surface area contributed by atoms with Crippen LogP contribution in [0.15, 0.2) is 36.4 Å². The Balaban J connectivity index is 1.55. The summed E-state index contributed by atoms with van der Waals surface area (Å²) in [5.74, 6) is 0.987. The second-order valence-electron chi connectivity index (χ2n) is 8.19. The molecule has 0 saturated carbocycles. The second kappa shape index (κ2) is 9.55. The first-order valence-electron chi connectivity index (χ1n) is 10.6. The number of aromatic nitrogens is 1. The van der Waals surface area contributed by atoms with Crippen molar-refractivity contribution >= 4 is 44.2 Å². The van der Waals surface area contributed by atoms with Crippen molar-refractivity contribution in [3.05, 3.63) is 52.5 Å². The fraction of sp³-hybridized carbons (Fsp3) is 0.417. The van der Waals surface area contributed by atoms with E-state index in [0.29, 0.717) is 28.4 Å². The number of nitrogens with zero attached hydrogens (tertiary/aromatic N) is 2. The third kappa shape index (κ3) is 5.03. The van der Waals surface area contributed by atoms with E-state index >= 15 is 0 Å². The van der Waals surface area contributed by atoms with E-state index in [-0.39, 0.29) is 18.6 Å². The van der Waals surface area contributed by atoms with Crippen molar-refractivity contribution in [1.82, 2.24) is 4.98 Å². The molecule has 1 aliphatic heterocycles. The van der Waals surface area contributed by atoms with Crippen LogP contribution >= 0.6 is 22.9 Å². The standard InChI is InChI=1S/C24H27ClN2O3S/c1-15(2)17-7-9-18(10-8-17)30-14-21(28)27(13-19-5-4-12-29-19)24-26-22-16(3)6-11-20(25)23(22)31-24/h6-11,15,19H,4-5,12-14H2,1-3H3. The van der Waals surface area contributed by atoms with E-state index < -0.39 is 0 Å². The van der Waals surface area contributed by atoms with Gasteiger partial charge in [-0.05, 0) is 55.0 Å². The van der Waals surface area contributed by atoms with Gasteiger partial charge in [-0.25, -0.2) is 4.98 Å². The molecule has 4 rings (SSSR count). The summed E-state index contributed by atoms with van der Waals surface area (Å²) >= 11 is 7.83. The van der Waals surface area contributed by atoms with Crippen LogP contribution in [0, 0.1) is 6.92 Å². The number of benzene rings is 2. The molecule has 1 fully saturated rings. The molecule has 0 aliphatic carbocycles. The summed E-state index contributed by atoms with van der Waals surface area (Å²) in [6.07, 6.45) is 1.96. The van der Waals surface area contributed by atoms with Crippen molar-refractivity contribution in [1.29, 1.82) is 0 Å². The minimum absolute atomic E-state index is 0.0119. The van der Waals surface area contributed by atoms with Crippen molar-refractivity contribution in [3.63, 3.8) is 0 Å². The van der Waals surface area contributed by atoms with E-state index in [2.05, 4.69) is 13.8 Å². The molecule has 1 unspecified atom stereocenters. The number of aryl methyl sites for hydroxylation is 1. The number of thiazole rings is 1. The van der Waals surface area contributed by atoms with Crippen molar-refractivity contribution in [2.45, 2.75) is 45.6 Å². The molecule has 1 aliphatic rings. The van der Waals surface area contributed by atoms with Gasteiger partial charge in [0.1, 0.15) is 5.75 Å². The van der Waals surface area contributed by atoms with Gasteiger partial charge in [-0.2, -0.15) is 0 Å². The second-order valence-corrected chi connectivity index (χ2v) is 9.57. The molecule has 5 nitrogen and oxygen atoms in total. The minimum atomic E-state index is -0.142. The van der Waals surface area contributed by atoms with Crippen LogP contribution in [0.2, 0.25) is 5.02 Å². The summed E-state index contributed by atoms with van der Waals surface area (Å²) in [7, 11) is 0. The number of rotatable bonds is 7. The first-order chi connectivity index (χ1) is 14.9. The molecular formula is C24H27ClN2O3S. The first kappa shape index (κ1) is 22.1. The number of fused-ring (bicyclic) bond motifs is 1. The van der Waals surface area contributed by atoms with Crippen molar-refractivity contribution in [3.8, 4) is 5.75 Å². The zero-order valence-corrected chi connectivity index (χ0v) is 19.6. The minimum Gasteiger partial charge on any atom is -0.484 e. The molecule has 3 aromatic rings. The monoisotopic (exact) mass is 458 g/mol. The zero-order valence-electron chi connectivity index (χ0n) is 18.1. The van der Waals surface area contributed by atoms with E-state index in [1.54, 1.807) is 4.90 Å². The smallest absolute Gasteiger partial charge is 0.266 e. The Hall–Kier alpha value is -2.15. The highest BCUT2D eigenvalue weighted by Gasteiger charge is 2.27. The number of hydrogen-bond donors (Lipinski definition) is 0. The quantitative estimate of drug-likeness (QED) is 0.437. The Morgan fingerprint density at radius 3 is 2.71 bits per heavy atom. The Bertz CT molecular complexity index is 1020. The first-order valence-corrected chi connectivity index (χ1v) is 11.8.